The number of carbonyl (C=O) groups is 2. The highest BCUT2D eigenvalue weighted by Gasteiger charge is 2.27. The fourth-order valence-electron chi connectivity index (χ4n) is 4.33. The van der Waals surface area contributed by atoms with Gasteiger partial charge in [-0.3, -0.25) is 19.1 Å². The third-order valence-corrected chi connectivity index (χ3v) is 6.66. The summed E-state index contributed by atoms with van der Waals surface area (Å²) in [6.07, 6.45) is 0.765. The smallest absolute Gasteiger partial charge is 0.295 e. The van der Waals surface area contributed by atoms with Crippen LogP contribution in [-0.4, -0.2) is 53.2 Å². The maximum atomic E-state index is 13.7. The number of halogens is 1. The minimum Gasteiger partial charge on any atom is -0.493 e. The van der Waals surface area contributed by atoms with Gasteiger partial charge < -0.3 is 15.0 Å². The second kappa shape index (κ2) is 13.1. The lowest BCUT2D eigenvalue weighted by atomic mass is 9.82. The number of para-hydroxylation sites is 1. The summed E-state index contributed by atoms with van der Waals surface area (Å²) in [5, 5.41) is 3.16. The van der Waals surface area contributed by atoms with E-state index in [0.717, 1.165) is 9.36 Å². The quantitative estimate of drug-likeness (QED) is 0.286. The van der Waals surface area contributed by atoms with Gasteiger partial charge in [0.1, 0.15) is 11.4 Å². The Hall–Kier alpha value is -3.36. The van der Waals surface area contributed by atoms with Crippen LogP contribution in [-0.2, 0) is 18.2 Å². The molecule has 2 aromatic carbocycles. The second-order valence-electron chi connectivity index (χ2n) is 10.5. The molecule has 0 spiro atoms. The van der Waals surface area contributed by atoms with Crippen LogP contribution in [0.25, 0.3) is 5.69 Å². The highest BCUT2D eigenvalue weighted by molar-refractivity contribution is 6.31. The lowest BCUT2D eigenvalue weighted by molar-refractivity contribution is -0.118. The SMILES string of the molecule is [2H]C([2H])([2H])n1c(CCN(C)C)c(NC(=O)CC(C)(C)CCC(=O)c2cc(Cl)ccc2OCC)c(=O)n1-c1ccccc1. The van der Waals surface area contributed by atoms with Crippen LogP contribution in [0, 0.1) is 5.41 Å². The Labute approximate surface area is 239 Å². The topological polar surface area (TPSA) is 85.6 Å². The molecule has 1 N–H and O–H groups in total. The van der Waals surface area contributed by atoms with Crippen molar-refractivity contribution in [2.45, 2.75) is 46.5 Å². The minimum atomic E-state index is -2.68. The molecule has 3 aromatic rings. The molecular weight excluding hydrogens is 516 g/mol. The van der Waals surface area contributed by atoms with Crippen molar-refractivity contribution in [1.29, 1.82) is 0 Å². The molecule has 210 valence electrons. The van der Waals surface area contributed by atoms with E-state index in [2.05, 4.69) is 5.32 Å². The molecule has 0 saturated carbocycles. The summed E-state index contributed by atoms with van der Waals surface area (Å²) in [7, 11) is 3.68. The summed E-state index contributed by atoms with van der Waals surface area (Å²) in [4.78, 5) is 41.9. The molecule has 9 heteroatoms. The summed E-state index contributed by atoms with van der Waals surface area (Å²) >= 11 is 6.11. The molecular formula is C30H39ClN4O4. The van der Waals surface area contributed by atoms with Crippen LogP contribution in [0.1, 0.15) is 60.2 Å². The molecule has 0 bridgehead atoms. The number of anilines is 1. The fraction of sp³-hybridized carbons (Fsp3) is 0.433. The number of carbonyl (C=O) groups excluding carboxylic acids is 2. The first-order chi connectivity index (χ1) is 19.6. The van der Waals surface area contributed by atoms with Gasteiger partial charge in [-0.15, -0.1) is 0 Å². The van der Waals surface area contributed by atoms with Crippen molar-refractivity contribution in [2.75, 3.05) is 32.6 Å². The molecule has 8 nitrogen and oxygen atoms in total. The van der Waals surface area contributed by atoms with Gasteiger partial charge in [-0.2, -0.15) is 0 Å². The van der Waals surface area contributed by atoms with E-state index in [1.165, 1.54) is 0 Å². The van der Waals surface area contributed by atoms with E-state index in [1.807, 2.05) is 39.8 Å². The van der Waals surface area contributed by atoms with Crippen molar-refractivity contribution < 1.29 is 18.4 Å². The van der Waals surface area contributed by atoms with Crippen LogP contribution in [0.15, 0.2) is 53.3 Å². The molecule has 0 aliphatic rings. The maximum absolute atomic E-state index is 13.7. The monoisotopic (exact) mass is 557 g/mol. The van der Waals surface area contributed by atoms with Gasteiger partial charge in [0.05, 0.1) is 23.6 Å². The number of nitrogens with one attached hydrogen (secondary N) is 1. The van der Waals surface area contributed by atoms with Crippen molar-refractivity contribution in [1.82, 2.24) is 14.3 Å². The molecule has 0 atom stereocenters. The molecule has 1 aromatic heterocycles. The number of benzene rings is 2. The zero-order chi connectivity index (χ0) is 31.2. The molecule has 0 unspecified atom stereocenters. The Kier molecular flexibility index (Phi) is 8.72. The molecule has 0 fully saturated rings. The lowest BCUT2D eigenvalue weighted by Gasteiger charge is -2.23. The zero-order valence-electron chi connectivity index (χ0n) is 26.2. The van der Waals surface area contributed by atoms with Gasteiger partial charge in [0.25, 0.3) is 5.56 Å². The Morgan fingerprint density at radius 3 is 2.51 bits per heavy atom. The molecule has 39 heavy (non-hydrogen) atoms. The number of rotatable bonds is 13. The van der Waals surface area contributed by atoms with E-state index in [4.69, 9.17) is 20.5 Å². The van der Waals surface area contributed by atoms with Gasteiger partial charge in [0, 0.05) is 41.9 Å². The first-order valence-corrected chi connectivity index (χ1v) is 13.4. The summed E-state index contributed by atoms with van der Waals surface area (Å²) in [5.74, 6) is -0.140. The number of hydrogen-bond acceptors (Lipinski definition) is 5. The second-order valence-corrected chi connectivity index (χ2v) is 11.0. The van der Waals surface area contributed by atoms with Crippen LogP contribution >= 0.6 is 11.6 Å². The first-order valence-electron chi connectivity index (χ1n) is 14.5. The Bertz CT molecular complexity index is 1460. The number of nitrogens with zero attached hydrogens (tertiary/aromatic N) is 3. The van der Waals surface area contributed by atoms with Crippen LogP contribution in [0.4, 0.5) is 5.69 Å². The molecule has 1 amide bonds. The van der Waals surface area contributed by atoms with Gasteiger partial charge in [-0.1, -0.05) is 43.6 Å². The summed E-state index contributed by atoms with van der Waals surface area (Å²) in [5.41, 5.74) is -0.327. The number of ketones is 1. The normalized spacial score (nSPS) is 13.1. The fourth-order valence-corrected chi connectivity index (χ4v) is 4.50. The number of amides is 1. The van der Waals surface area contributed by atoms with E-state index in [9.17, 15) is 14.4 Å². The molecule has 0 aliphatic carbocycles. The Balaban J connectivity index is 1.87. The van der Waals surface area contributed by atoms with Gasteiger partial charge in [-0.05, 0) is 63.2 Å². The molecule has 3 rings (SSSR count). The lowest BCUT2D eigenvalue weighted by Crippen LogP contribution is -2.26. The molecule has 0 aliphatic heterocycles. The standard InChI is InChI=1S/C30H39ClN4O4/c1-7-39-26-14-13-21(31)19-23(26)25(36)15-17-30(2,3)20-27(37)32-28-24(16-18-33(4)5)34(6)35(29(28)38)22-11-9-8-10-12-22/h8-14,19H,7,15-18,20H2,1-6H3,(H,32,37)/i6D3. The zero-order valence-corrected chi connectivity index (χ0v) is 24.0. The number of likely N-dealkylation sites (N-methyl/N-ethyl adjacent to an activating group) is 1. The van der Waals surface area contributed by atoms with Crippen molar-refractivity contribution in [3.8, 4) is 11.4 Å². The van der Waals surface area contributed by atoms with Crippen molar-refractivity contribution in [3.05, 3.63) is 75.2 Å². The van der Waals surface area contributed by atoms with Gasteiger partial charge >= 0.3 is 0 Å². The van der Waals surface area contributed by atoms with E-state index in [0.29, 0.717) is 41.6 Å². The summed E-state index contributed by atoms with van der Waals surface area (Å²) in [6.45, 7) is 3.74. The first kappa shape index (κ1) is 25.9. The maximum Gasteiger partial charge on any atom is 0.295 e. The van der Waals surface area contributed by atoms with E-state index >= 15 is 0 Å². The van der Waals surface area contributed by atoms with Gasteiger partial charge in [-0.25, -0.2) is 4.68 Å². The van der Waals surface area contributed by atoms with Gasteiger partial charge in [0.15, 0.2) is 5.78 Å². The molecule has 1 heterocycles. The molecule has 0 saturated heterocycles. The highest BCUT2D eigenvalue weighted by atomic mass is 35.5. The third kappa shape index (κ3) is 7.83. The number of aromatic nitrogens is 2. The highest BCUT2D eigenvalue weighted by Crippen LogP contribution is 2.31. The average Bonchev–Trinajstić information content (AvgIpc) is 3.18. The predicted octanol–water partition coefficient (Wildman–Crippen LogP) is 5.35. The van der Waals surface area contributed by atoms with Gasteiger partial charge in [0.2, 0.25) is 5.91 Å². The van der Waals surface area contributed by atoms with Crippen LogP contribution < -0.4 is 15.6 Å². The van der Waals surface area contributed by atoms with Crippen molar-refractivity contribution in [2.24, 2.45) is 12.4 Å². The van der Waals surface area contributed by atoms with E-state index < -0.39 is 23.9 Å². The number of Topliss-reactive ketones (excluding diaryl/α,β-unsaturated/α-hetero) is 1. The van der Waals surface area contributed by atoms with Crippen molar-refractivity contribution >= 4 is 29.0 Å². The average molecular weight is 558 g/mol. The number of hydrogen-bond donors (Lipinski definition) is 1. The van der Waals surface area contributed by atoms with Crippen molar-refractivity contribution in [3.63, 3.8) is 0 Å². The van der Waals surface area contributed by atoms with Crippen LogP contribution in [0.2, 0.25) is 5.02 Å². The minimum absolute atomic E-state index is 0.00495. The largest absolute Gasteiger partial charge is 0.493 e. The predicted molar refractivity (Wildman–Crippen MR) is 156 cm³/mol. The van der Waals surface area contributed by atoms with Crippen LogP contribution in [0.5, 0.6) is 5.75 Å². The Morgan fingerprint density at radius 1 is 1.15 bits per heavy atom. The number of ether oxygens (including phenoxy) is 1. The van der Waals surface area contributed by atoms with E-state index in [-0.39, 0.29) is 36.4 Å². The van der Waals surface area contributed by atoms with E-state index in [1.54, 1.807) is 48.5 Å². The summed E-state index contributed by atoms with van der Waals surface area (Å²) in [6, 6.07) is 13.4. The Morgan fingerprint density at radius 2 is 1.87 bits per heavy atom. The molecule has 0 radical (unpaired) electrons. The summed E-state index contributed by atoms with van der Waals surface area (Å²) < 4.78 is 32.3. The van der Waals surface area contributed by atoms with Crippen LogP contribution in [0.3, 0.4) is 0 Å². The third-order valence-electron chi connectivity index (χ3n) is 6.42.